The number of rotatable bonds is 4. The first-order valence-corrected chi connectivity index (χ1v) is 10.5. The van der Waals surface area contributed by atoms with Crippen LogP contribution >= 0.6 is 0 Å². The van der Waals surface area contributed by atoms with Crippen molar-refractivity contribution in [3.8, 4) is 11.3 Å². The van der Waals surface area contributed by atoms with E-state index in [0.717, 1.165) is 27.8 Å². The van der Waals surface area contributed by atoms with E-state index in [0.29, 0.717) is 31.7 Å². The molecule has 2 aromatic heterocycles. The highest BCUT2D eigenvalue weighted by Crippen LogP contribution is 2.27. The number of aromatic nitrogens is 1. The van der Waals surface area contributed by atoms with Gasteiger partial charge < -0.3 is 19.6 Å². The van der Waals surface area contributed by atoms with E-state index in [1.165, 1.54) is 6.26 Å². The van der Waals surface area contributed by atoms with Crippen LogP contribution in [-0.4, -0.2) is 34.8 Å². The maximum absolute atomic E-state index is 12.8. The van der Waals surface area contributed by atoms with Gasteiger partial charge in [0.2, 0.25) is 5.91 Å². The lowest BCUT2D eigenvalue weighted by Gasteiger charge is -2.30. The van der Waals surface area contributed by atoms with Gasteiger partial charge in [0.25, 0.3) is 5.91 Å². The van der Waals surface area contributed by atoms with Crippen molar-refractivity contribution < 1.29 is 14.0 Å². The number of anilines is 1. The van der Waals surface area contributed by atoms with Crippen molar-refractivity contribution in [3.05, 3.63) is 78.8 Å². The van der Waals surface area contributed by atoms with E-state index in [1.54, 1.807) is 17.0 Å². The van der Waals surface area contributed by atoms with Crippen LogP contribution in [0.3, 0.4) is 0 Å². The van der Waals surface area contributed by atoms with Crippen LogP contribution in [-0.2, 0) is 4.79 Å². The average molecular weight is 413 g/mol. The van der Waals surface area contributed by atoms with Gasteiger partial charge in [-0.05, 0) is 49.2 Å². The van der Waals surface area contributed by atoms with Gasteiger partial charge in [-0.3, -0.25) is 9.59 Å². The molecule has 0 radical (unpaired) electrons. The largest absolute Gasteiger partial charge is 0.459 e. The van der Waals surface area contributed by atoms with E-state index >= 15 is 0 Å². The lowest BCUT2D eigenvalue weighted by molar-refractivity contribution is -0.121. The Morgan fingerprint density at radius 3 is 2.58 bits per heavy atom. The van der Waals surface area contributed by atoms with Crippen molar-refractivity contribution in [2.75, 3.05) is 18.4 Å². The number of piperidine rings is 1. The summed E-state index contributed by atoms with van der Waals surface area (Å²) in [7, 11) is 0. The van der Waals surface area contributed by atoms with E-state index < -0.39 is 0 Å². The molecule has 156 valence electrons. The molecular formula is C25H23N3O3. The fourth-order valence-electron chi connectivity index (χ4n) is 4.14. The Balaban J connectivity index is 1.23. The first kappa shape index (κ1) is 19.2. The summed E-state index contributed by atoms with van der Waals surface area (Å²) in [6, 6.07) is 21.5. The number of hydrogen-bond acceptors (Lipinski definition) is 3. The van der Waals surface area contributed by atoms with Crippen molar-refractivity contribution in [2.24, 2.45) is 5.92 Å². The Kier molecular flexibility index (Phi) is 5.04. The number of nitrogens with one attached hydrogen (secondary N) is 2. The maximum Gasteiger partial charge on any atom is 0.289 e. The quantitative estimate of drug-likeness (QED) is 0.498. The molecule has 1 aliphatic heterocycles. The lowest BCUT2D eigenvalue weighted by Crippen LogP contribution is -2.41. The fraction of sp³-hybridized carbons (Fsp3) is 0.200. The average Bonchev–Trinajstić information content (AvgIpc) is 3.49. The summed E-state index contributed by atoms with van der Waals surface area (Å²) < 4.78 is 5.20. The van der Waals surface area contributed by atoms with Crippen molar-refractivity contribution >= 4 is 28.4 Å². The topological polar surface area (TPSA) is 78.3 Å². The van der Waals surface area contributed by atoms with Crippen molar-refractivity contribution in [3.63, 3.8) is 0 Å². The number of amides is 2. The van der Waals surface area contributed by atoms with Gasteiger partial charge >= 0.3 is 0 Å². The molecule has 2 N–H and O–H groups in total. The minimum Gasteiger partial charge on any atom is -0.459 e. The van der Waals surface area contributed by atoms with E-state index in [1.807, 2.05) is 42.5 Å². The summed E-state index contributed by atoms with van der Waals surface area (Å²) in [5, 5.41) is 4.21. The second-order valence-electron chi connectivity index (χ2n) is 7.88. The second-order valence-corrected chi connectivity index (χ2v) is 7.88. The van der Waals surface area contributed by atoms with Gasteiger partial charge in [-0.25, -0.2) is 0 Å². The summed E-state index contributed by atoms with van der Waals surface area (Å²) in [5.41, 5.74) is 3.90. The molecule has 0 saturated carbocycles. The van der Waals surface area contributed by atoms with Crippen LogP contribution in [0, 0.1) is 5.92 Å². The normalized spacial score (nSPS) is 14.6. The molecule has 6 nitrogen and oxygen atoms in total. The third kappa shape index (κ3) is 3.97. The molecule has 3 heterocycles. The highest BCUT2D eigenvalue weighted by Gasteiger charge is 2.28. The Morgan fingerprint density at radius 2 is 1.81 bits per heavy atom. The van der Waals surface area contributed by atoms with Crippen LogP contribution in [0.2, 0.25) is 0 Å². The monoisotopic (exact) mass is 413 g/mol. The standard InChI is InChI=1S/C25H23N3O3/c29-24(17-10-12-28(13-11-17)25(30)23-9-4-14-31-23)26-20-7-3-6-18(15-20)22-16-19-5-1-2-8-21(19)27-22/h1-9,14-17,27H,10-13H2,(H,26,29). The van der Waals surface area contributed by atoms with Crippen molar-refractivity contribution in [1.82, 2.24) is 9.88 Å². The molecule has 1 fully saturated rings. The van der Waals surface area contributed by atoms with Gasteiger partial charge in [0, 0.05) is 46.9 Å². The number of carbonyl (C=O) groups excluding carboxylic acids is 2. The van der Waals surface area contributed by atoms with Gasteiger partial charge in [-0.2, -0.15) is 0 Å². The molecule has 6 heteroatoms. The number of furan rings is 1. The van der Waals surface area contributed by atoms with Gasteiger partial charge in [0.1, 0.15) is 0 Å². The Labute approximate surface area is 179 Å². The Hall–Kier alpha value is -3.80. The minimum atomic E-state index is -0.116. The van der Waals surface area contributed by atoms with Gasteiger partial charge in [-0.1, -0.05) is 30.3 Å². The second kappa shape index (κ2) is 8.14. The molecule has 1 aliphatic rings. The van der Waals surface area contributed by atoms with Crippen LogP contribution in [0.4, 0.5) is 5.69 Å². The number of likely N-dealkylation sites (tertiary alicyclic amines) is 1. The first-order valence-electron chi connectivity index (χ1n) is 10.5. The lowest BCUT2D eigenvalue weighted by atomic mass is 9.95. The molecule has 1 saturated heterocycles. The number of para-hydroxylation sites is 1. The van der Waals surface area contributed by atoms with Crippen LogP contribution in [0.5, 0.6) is 0 Å². The molecule has 0 aliphatic carbocycles. The first-order chi connectivity index (χ1) is 15.2. The van der Waals surface area contributed by atoms with Crippen LogP contribution < -0.4 is 5.32 Å². The third-order valence-corrected chi connectivity index (χ3v) is 5.86. The summed E-state index contributed by atoms with van der Waals surface area (Å²) in [4.78, 5) is 30.4. The van der Waals surface area contributed by atoms with Gasteiger partial charge in [-0.15, -0.1) is 0 Å². The Morgan fingerprint density at radius 1 is 0.968 bits per heavy atom. The summed E-state index contributed by atoms with van der Waals surface area (Å²) in [5.74, 6) is 0.114. The zero-order chi connectivity index (χ0) is 21.2. The van der Waals surface area contributed by atoms with Crippen molar-refractivity contribution in [2.45, 2.75) is 12.8 Å². The summed E-state index contributed by atoms with van der Waals surface area (Å²) in [6.45, 7) is 1.10. The van der Waals surface area contributed by atoms with Gasteiger partial charge in [0.05, 0.1) is 6.26 Å². The molecule has 5 rings (SSSR count). The molecule has 31 heavy (non-hydrogen) atoms. The minimum absolute atomic E-state index is 0.00102. The molecule has 0 bridgehead atoms. The van der Waals surface area contributed by atoms with E-state index in [9.17, 15) is 9.59 Å². The maximum atomic E-state index is 12.8. The number of aromatic amines is 1. The number of nitrogens with zero attached hydrogens (tertiary/aromatic N) is 1. The number of H-pyrrole nitrogens is 1. The summed E-state index contributed by atoms with van der Waals surface area (Å²) in [6.07, 6.45) is 2.78. The molecule has 2 amide bonds. The zero-order valence-corrected chi connectivity index (χ0v) is 17.0. The highest BCUT2D eigenvalue weighted by atomic mass is 16.3. The Bertz CT molecular complexity index is 1180. The van der Waals surface area contributed by atoms with Gasteiger partial charge in [0.15, 0.2) is 5.76 Å². The van der Waals surface area contributed by atoms with Crippen LogP contribution in [0.25, 0.3) is 22.2 Å². The molecule has 0 atom stereocenters. The predicted octanol–water partition coefficient (Wildman–Crippen LogP) is 4.92. The smallest absolute Gasteiger partial charge is 0.289 e. The van der Waals surface area contributed by atoms with E-state index in [4.69, 9.17) is 4.42 Å². The molecule has 4 aromatic rings. The third-order valence-electron chi connectivity index (χ3n) is 5.86. The zero-order valence-electron chi connectivity index (χ0n) is 17.0. The van der Waals surface area contributed by atoms with Crippen molar-refractivity contribution in [1.29, 1.82) is 0 Å². The molecule has 0 unspecified atom stereocenters. The number of benzene rings is 2. The highest BCUT2D eigenvalue weighted by molar-refractivity contribution is 5.94. The SMILES string of the molecule is O=C(Nc1cccc(-c2cc3ccccc3[nH]2)c1)C1CCN(C(=O)c2ccco2)CC1. The van der Waals surface area contributed by atoms with E-state index in [2.05, 4.69) is 22.4 Å². The fourth-order valence-corrected chi connectivity index (χ4v) is 4.14. The molecule has 2 aromatic carbocycles. The summed E-state index contributed by atoms with van der Waals surface area (Å²) >= 11 is 0. The number of hydrogen-bond donors (Lipinski definition) is 2. The number of carbonyl (C=O) groups is 2. The van der Waals surface area contributed by atoms with Crippen LogP contribution in [0.1, 0.15) is 23.4 Å². The molecule has 0 spiro atoms. The van der Waals surface area contributed by atoms with Crippen LogP contribution in [0.15, 0.2) is 77.4 Å². The van der Waals surface area contributed by atoms with E-state index in [-0.39, 0.29) is 17.7 Å². The number of fused-ring (bicyclic) bond motifs is 1. The molecular weight excluding hydrogens is 390 g/mol. The predicted molar refractivity (Wildman–Crippen MR) is 120 cm³/mol.